The number of benzene rings is 1. The first-order valence-corrected chi connectivity index (χ1v) is 7.35. The van der Waals surface area contributed by atoms with E-state index in [0.717, 1.165) is 12.3 Å². The number of rotatable bonds is 8. The van der Waals surface area contributed by atoms with Crippen LogP contribution in [-0.4, -0.2) is 17.8 Å². The molecule has 0 spiro atoms. The number of ether oxygens (including phenoxy) is 1. The van der Waals surface area contributed by atoms with Crippen molar-refractivity contribution >= 4 is 0 Å². The van der Waals surface area contributed by atoms with Crippen LogP contribution in [0.3, 0.4) is 0 Å². The van der Waals surface area contributed by atoms with Gasteiger partial charge in [0.1, 0.15) is 17.6 Å². The van der Waals surface area contributed by atoms with Crippen molar-refractivity contribution in [3.8, 4) is 5.75 Å². The molecular formula is C17H23NO3. The summed E-state index contributed by atoms with van der Waals surface area (Å²) in [6, 6.07) is 11.8. The Kier molecular flexibility index (Phi) is 5.84. The van der Waals surface area contributed by atoms with E-state index in [4.69, 9.17) is 9.15 Å². The van der Waals surface area contributed by atoms with Gasteiger partial charge in [-0.05, 0) is 50.1 Å². The summed E-state index contributed by atoms with van der Waals surface area (Å²) in [6.45, 7) is 5.44. The van der Waals surface area contributed by atoms with Crippen molar-refractivity contribution < 1.29 is 14.3 Å². The molecule has 0 amide bonds. The monoisotopic (exact) mass is 289 g/mol. The zero-order valence-electron chi connectivity index (χ0n) is 12.6. The Labute approximate surface area is 125 Å². The molecule has 2 unspecified atom stereocenters. The zero-order chi connectivity index (χ0) is 15.1. The van der Waals surface area contributed by atoms with Gasteiger partial charge in [0.15, 0.2) is 0 Å². The van der Waals surface area contributed by atoms with Crippen LogP contribution in [0, 0.1) is 0 Å². The van der Waals surface area contributed by atoms with Crippen molar-refractivity contribution in [3.63, 3.8) is 0 Å². The van der Waals surface area contributed by atoms with Crippen molar-refractivity contribution in [2.45, 2.75) is 39.0 Å². The van der Waals surface area contributed by atoms with Gasteiger partial charge in [-0.1, -0.05) is 12.1 Å². The topological polar surface area (TPSA) is 54.6 Å². The maximum absolute atomic E-state index is 10.0. The van der Waals surface area contributed by atoms with E-state index >= 15 is 0 Å². The minimum absolute atomic E-state index is 0.181. The largest absolute Gasteiger partial charge is 0.494 e. The molecule has 1 aromatic heterocycles. The molecule has 0 aliphatic carbocycles. The van der Waals surface area contributed by atoms with Crippen molar-refractivity contribution in [1.82, 2.24) is 5.32 Å². The van der Waals surface area contributed by atoms with Crippen LogP contribution in [0.1, 0.15) is 37.7 Å². The Morgan fingerprint density at radius 2 is 2.14 bits per heavy atom. The third-order valence-corrected chi connectivity index (χ3v) is 3.31. The van der Waals surface area contributed by atoms with Crippen LogP contribution in [0.25, 0.3) is 0 Å². The lowest BCUT2D eigenvalue weighted by atomic mass is 10.1. The maximum Gasteiger partial charge on any atom is 0.132 e. The Balaban J connectivity index is 1.80. The van der Waals surface area contributed by atoms with E-state index < -0.39 is 6.10 Å². The van der Waals surface area contributed by atoms with Crippen molar-refractivity contribution in [2.24, 2.45) is 0 Å². The van der Waals surface area contributed by atoms with Gasteiger partial charge in [0.2, 0.25) is 0 Å². The molecule has 1 aromatic carbocycles. The molecule has 0 fully saturated rings. The van der Waals surface area contributed by atoms with E-state index in [-0.39, 0.29) is 6.04 Å². The molecule has 2 aromatic rings. The maximum atomic E-state index is 10.0. The summed E-state index contributed by atoms with van der Waals surface area (Å²) in [4.78, 5) is 0. The molecule has 0 saturated heterocycles. The highest BCUT2D eigenvalue weighted by Crippen LogP contribution is 2.19. The van der Waals surface area contributed by atoms with Crippen molar-refractivity contribution in [2.75, 3.05) is 6.61 Å². The molecule has 0 bridgehead atoms. The van der Waals surface area contributed by atoms with Gasteiger partial charge < -0.3 is 19.6 Å². The number of furan rings is 1. The minimum Gasteiger partial charge on any atom is -0.494 e. The zero-order valence-corrected chi connectivity index (χ0v) is 12.6. The molecule has 114 valence electrons. The van der Waals surface area contributed by atoms with E-state index in [1.807, 2.05) is 25.1 Å². The quantitative estimate of drug-likeness (QED) is 0.783. The predicted octanol–water partition coefficient (Wildman–Crippen LogP) is 3.28. The lowest BCUT2D eigenvalue weighted by molar-refractivity contribution is 0.128. The van der Waals surface area contributed by atoms with Crippen LogP contribution < -0.4 is 10.1 Å². The SMILES string of the molecule is CCOc1cccc(CNC(C)CC(O)c2ccco2)c1. The number of hydrogen-bond donors (Lipinski definition) is 2. The number of hydrogen-bond acceptors (Lipinski definition) is 4. The molecule has 0 aliphatic rings. The van der Waals surface area contributed by atoms with Crippen LogP contribution >= 0.6 is 0 Å². The highest BCUT2D eigenvalue weighted by Gasteiger charge is 2.14. The second kappa shape index (κ2) is 7.86. The third-order valence-electron chi connectivity index (χ3n) is 3.31. The van der Waals surface area contributed by atoms with E-state index in [0.29, 0.717) is 18.8 Å². The van der Waals surface area contributed by atoms with Crippen molar-refractivity contribution in [1.29, 1.82) is 0 Å². The molecule has 1 heterocycles. The Hall–Kier alpha value is -1.78. The fourth-order valence-corrected chi connectivity index (χ4v) is 2.22. The second-order valence-electron chi connectivity index (χ2n) is 5.13. The van der Waals surface area contributed by atoms with E-state index in [1.165, 1.54) is 5.56 Å². The Bertz CT molecular complexity index is 525. The molecule has 2 rings (SSSR count). The fourth-order valence-electron chi connectivity index (χ4n) is 2.22. The Morgan fingerprint density at radius 3 is 2.86 bits per heavy atom. The fraction of sp³-hybridized carbons (Fsp3) is 0.412. The Morgan fingerprint density at radius 1 is 1.29 bits per heavy atom. The summed E-state index contributed by atoms with van der Waals surface area (Å²) in [5.41, 5.74) is 1.17. The first-order valence-electron chi connectivity index (χ1n) is 7.35. The third kappa shape index (κ3) is 4.92. The molecule has 0 radical (unpaired) electrons. The van der Waals surface area contributed by atoms with Gasteiger partial charge in [-0.25, -0.2) is 0 Å². The molecular weight excluding hydrogens is 266 g/mol. The van der Waals surface area contributed by atoms with E-state index in [1.54, 1.807) is 18.4 Å². The highest BCUT2D eigenvalue weighted by molar-refractivity contribution is 5.28. The molecule has 2 N–H and O–H groups in total. The molecule has 0 aliphatic heterocycles. The second-order valence-corrected chi connectivity index (χ2v) is 5.13. The van der Waals surface area contributed by atoms with Crippen LogP contribution in [0.5, 0.6) is 5.75 Å². The normalized spacial score (nSPS) is 13.9. The molecule has 2 atom stereocenters. The summed E-state index contributed by atoms with van der Waals surface area (Å²) in [6.07, 6.45) is 1.62. The van der Waals surface area contributed by atoms with Gasteiger partial charge in [0.05, 0.1) is 12.9 Å². The summed E-state index contributed by atoms with van der Waals surface area (Å²) in [7, 11) is 0. The summed E-state index contributed by atoms with van der Waals surface area (Å²) < 4.78 is 10.7. The molecule has 4 nitrogen and oxygen atoms in total. The number of nitrogens with one attached hydrogen (secondary N) is 1. The van der Waals surface area contributed by atoms with Crippen molar-refractivity contribution in [3.05, 3.63) is 54.0 Å². The summed E-state index contributed by atoms with van der Waals surface area (Å²) >= 11 is 0. The van der Waals surface area contributed by atoms with Gasteiger partial charge >= 0.3 is 0 Å². The van der Waals surface area contributed by atoms with Gasteiger partial charge in [0.25, 0.3) is 0 Å². The lowest BCUT2D eigenvalue weighted by Crippen LogP contribution is -2.27. The average molecular weight is 289 g/mol. The average Bonchev–Trinajstić information content (AvgIpc) is 3.00. The first kappa shape index (κ1) is 15.6. The van der Waals surface area contributed by atoms with Crippen LogP contribution in [0.4, 0.5) is 0 Å². The smallest absolute Gasteiger partial charge is 0.132 e. The molecule has 4 heteroatoms. The minimum atomic E-state index is -0.572. The van der Waals surface area contributed by atoms with E-state index in [2.05, 4.69) is 18.3 Å². The molecule has 0 saturated carbocycles. The van der Waals surface area contributed by atoms with Crippen LogP contribution in [-0.2, 0) is 6.54 Å². The van der Waals surface area contributed by atoms with Gasteiger partial charge in [-0.2, -0.15) is 0 Å². The van der Waals surface area contributed by atoms with Gasteiger partial charge in [-0.15, -0.1) is 0 Å². The summed E-state index contributed by atoms with van der Waals surface area (Å²) in [5, 5.41) is 13.4. The predicted molar refractivity (Wildman–Crippen MR) is 82.2 cm³/mol. The number of aliphatic hydroxyl groups is 1. The first-order chi connectivity index (χ1) is 10.2. The van der Waals surface area contributed by atoms with Crippen LogP contribution in [0.2, 0.25) is 0 Å². The van der Waals surface area contributed by atoms with E-state index in [9.17, 15) is 5.11 Å². The molecule has 21 heavy (non-hydrogen) atoms. The summed E-state index contributed by atoms with van der Waals surface area (Å²) in [5.74, 6) is 1.50. The highest BCUT2D eigenvalue weighted by atomic mass is 16.5. The standard InChI is InChI=1S/C17H23NO3/c1-3-20-15-7-4-6-14(11-15)12-18-13(2)10-16(19)17-8-5-9-21-17/h4-9,11,13,16,18-19H,3,10,12H2,1-2H3. The van der Waals surface area contributed by atoms with Gasteiger partial charge in [0, 0.05) is 12.6 Å². The lowest BCUT2D eigenvalue weighted by Gasteiger charge is -2.17. The number of aliphatic hydroxyl groups excluding tert-OH is 1. The van der Waals surface area contributed by atoms with Gasteiger partial charge in [-0.3, -0.25) is 0 Å². The van der Waals surface area contributed by atoms with Crippen LogP contribution in [0.15, 0.2) is 47.1 Å².